The summed E-state index contributed by atoms with van der Waals surface area (Å²) in [5.74, 6) is 1.45. The number of H-pyrrole nitrogens is 1. The van der Waals surface area contributed by atoms with Gasteiger partial charge < -0.3 is 14.7 Å². The fourth-order valence-corrected chi connectivity index (χ4v) is 4.72. The van der Waals surface area contributed by atoms with Crippen LogP contribution in [0, 0.1) is 16.7 Å². The van der Waals surface area contributed by atoms with Crippen molar-refractivity contribution in [3.05, 3.63) is 30.1 Å². The second kappa shape index (κ2) is 7.32. The minimum absolute atomic E-state index is 0.177. The maximum atomic E-state index is 11.8. The van der Waals surface area contributed by atoms with E-state index in [1.54, 1.807) is 17.1 Å². The Hall–Kier alpha value is -2.96. The molecule has 0 amide bonds. The van der Waals surface area contributed by atoms with Crippen molar-refractivity contribution in [2.24, 2.45) is 5.41 Å². The lowest BCUT2D eigenvalue weighted by Crippen LogP contribution is -2.44. The van der Waals surface area contributed by atoms with Gasteiger partial charge in [-0.2, -0.15) is 20.1 Å². The first kappa shape index (κ1) is 20.0. The highest BCUT2D eigenvalue weighted by atomic mass is 16.5. The zero-order valence-electron chi connectivity index (χ0n) is 17.9. The van der Waals surface area contributed by atoms with Crippen molar-refractivity contribution in [1.82, 2.24) is 25.0 Å². The summed E-state index contributed by atoms with van der Waals surface area (Å²) in [6.07, 6.45) is 5.87. The maximum Gasteiger partial charge on any atom is 0.177 e. The molecule has 5 rings (SSSR count). The molecule has 0 bridgehead atoms. The number of aromatic nitrogens is 5. The lowest BCUT2D eigenvalue weighted by molar-refractivity contribution is -0.0219. The molecular weight excluding hydrogens is 394 g/mol. The molecular formula is C22H27N7O2. The smallest absolute Gasteiger partial charge is 0.177 e. The van der Waals surface area contributed by atoms with Gasteiger partial charge in [-0.3, -0.25) is 5.10 Å². The van der Waals surface area contributed by atoms with E-state index in [4.69, 9.17) is 9.72 Å². The van der Waals surface area contributed by atoms with Gasteiger partial charge in [0.1, 0.15) is 5.82 Å². The average Bonchev–Trinajstić information content (AvgIpc) is 3.45. The molecule has 3 aromatic rings. The van der Waals surface area contributed by atoms with Gasteiger partial charge >= 0.3 is 0 Å². The molecule has 3 aromatic heterocycles. The largest absolute Gasteiger partial charge is 0.385 e. The van der Waals surface area contributed by atoms with Crippen LogP contribution in [-0.4, -0.2) is 55.9 Å². The summed E-state index contributed by atoms with van der Waals surface area (Å²) < 4.78 is 7.31. The molecule has 1 aliphatic heterocycles. The third kappa shape index (κ3) is 3.36. The summed E-state index contributed by atoms with van der Waals surface area (Å²) in [4.78, 5) is 7.17. The van der Waals surface area contributed by atoms with Crippen molar-refractivity contribution < 1.29 is 9.84 Å². The van der Waals surface area contributed by atoms with Gasteiger partial charge in [0, 0.05) is 24.2 Å². The Morgan fingerprint density at radius 3 is 2.77 bits per heavy atom. The highest BCUT2D eigenvalue weighted by Gasteiger charge is 2.42. The predicted octanol–water partition coefficient (Wildman–Crippen LogP) is 2.66. The Bertz CT molecular complexity index is 1120. The van der Waals surface area contributed by atoms with Crippen LogP contribution in [0.3, 0.4) is 0 Å². The highest BCUT2D eigenvalue weighted by Crippen LogP contribution is 2.47. The summed E-state index contributed by atoms with van der Waals surface area (Å²) in [6.45, 7) is 6.11. The number of rotatable bonds is 3. The van der Waals surface area contributed by atoms with E-state index in [1.165, 1.54) is 0 Å². The van der Waals surface area contributed by atoms with Crippen molar-refractivity contribution in [2.45, 2.75) is 51.2 Å². The Morgan fingerprint density at radius 2 is 2.10 bits per heavy atom. The van der Waals surface area contributed by atoms with E-state index in [9.17, 15) is 10.4 Å². The summed E-state index contributed by atoms with van der Waals surface area (Å²) in [7, 11) is 0. The monoisotopic (exact) mass is 421 g/mol. The number of hydrogen-bond acceptors (Lipinski definition) is 7. The average molecular weight is 422 g/mol. The van der Waals surface area contributed by atoms with Crippen LogP contribution in [0.4, 0.5) is 5.82 Å². The van der Waals surface area contributed by atoms with Gasteiger partial charge in [0.25, 0.3) is 0 Å². The van der Waals surface area contributed by atoms with Gasteiger partial charge in [0.2, 0.25) is 0 Å². The molecule has 0 aromatic carbocycles. The minimum Gasteiger partial charge on any atom is -0.385 e. The molecule has 1 atom stereocenters. The first-order valence-corrected chi connectivity index (χ1v) is 10.8. The van der Waals surface area contributed by atoms with Crippen LogP contribution in [0.5, 0.6) is 0 Å². The van der Waals surface area contributed by atoms with Gasteiger partial charge in [0.05, 0.1) is 42.5 Å². The molecule has 0 radical (unpaired) electrons. The number of nitrogens with zero attached hydrogens (tertiary/aromatic N) is 6. The molecule has 1 aliphatic carbocycles. The van der Waals surface area contributed by atoms with Crippen LogP contribution in [0.25, 0.3) is 16.9 Å². The molecule has 1 saturated heterocycles. The van der Waals surface area contributed by atoms with Gasteiger partial charge in [-0.15, -0.1) is 0 Å². The standard InChI is InChI=1S/C22H27N7O2/c1-15-13-31-10-9-28(15)19-11-17(22(30)6-4-21(2,14-23)5-7-22)16-12-25-29(20(16)26-19)18-3-8-24-27-18/h3,8,11-12,15,30H,4-7,9-10,13H2,1-2H3,(H,24,27)/t15-,21-,22+/m1/s1. The highest BCUT2D eigenvalue weighted by molar-refractivity contribution is 5.83. The first-order valence-electron chi connectivity index (χ1n) is 10.8. The normalized spacial score (nSPS) is 29.2. The number of nitrogens with one attached hydrogen (secondary N) is 1. The van der Waals surface area contributed by atoms with E-state index in [0.29, 0.717) is 50.4 Å². The third-order valence-electron chi connectivity index (χ3n) is 6.84. The SMILES string of the molecule is C[C@@H]1COCCN1c1cc([C@]2(O)CC[C@@](C)(C#N)CC2)c2cnn(-c3cc[nH]n3)c2n1. The van der Waals surface area contributed by atoms with Gasteiger partial charge in [-0.1, -0.05) is 0 Å². The molecule has 9 nitrogen and oxygen atoms in total. The van der Waals surface area contributed by atoms with Crippen LogP contribution >= 0.6 is 0 Å². The van der Waals surface area contributed by atoms with Crippen LogP contribution in [0.15, 0.2) is 24.5 Å². The number of anilines is 1. The van der Waals surface area contributed by atoms with Crippen molar-refractivity contribution in [3.63, 3.8) is 0 Å². The lowest BCUT2D eigenvalue weighted by atomic mass is 9.68. The molecule has 162 valence electrons. The predicted molar refractivity (Wildman–Crippen MR) is 115 cm³/mol. The van der Waals surface area contributed by atoms with E-state index in [0.717, 1.165) is 23.3 Å². The Kier molecular flexibility index (Phi) is 4.72. The van der Waals surface area contributed by atoms with E-state index < -0.39 is 5.60 Å². The van der Waals surface area contributed by atoms with E-state index in [1.807, 2.05) is 19.1 Å². The summed E-state index contributed by atoms with van der Waals surface area (Å²) in [5, 5.41) is 33.7. The fraction of sp³-hybridized carbons (Fsp3) is 0.545. The maximum absolute atomic E-state index is 11.8. The topological polar surface area (TPSA) is 116 Å². The summed E-state index contributed by atoms with van der Waals surface area (Å²) in [5.41, 5.74) is 0.0775. The second-order valence-electron chi connectivity index (χ2n) is 9.08. The molecule has 2 N–H and O–H groups in total. The number of pyridine rings is 1. The van der Waals surface area contributed by atoms with E-state index in [2.05, 4.69) is 33.2 Å². The van der Waals surface area contributed by atoms with Crippen LogP contribution in [0.1, 0.15) is 45.1 Å². The van der Waals surface area contributed by atoms with E-state index in [-0.39, 0.29) is 11.5 Å². The molecule has 2 fully saturated rings. The Balaban J connectivity index is 1.66. The van der Waals surface area contributed by atoms with Gasteiger partial charge in [-0.05, 0) is 51.2 Å². The molecule has 31 heavy (non-hydrogen) atoms. The minimum atomic E-state index is -1.03. The van der Waals surface area contributed by atoms with Crippen LogP contribution in [-0.2, 0) is 10.3 Å². The summed E-state index contributed by atoms with van der Waals surface area (Å²) >= 11 is 0. The van der Waals surface area contributed by atoms with Crippen LogP contribution < -0.4 is 4.90 Å². The Labute approximate surface area is 180 Å². The van der Waals surface area contributed by atoms with Gasteiger partial charge in [-0.25, -0.2) is 4.98 Å². The van der Waals surface area contributed by atoms with Gasteiger partial charge in [0.15, 0.2) is 11.5 Å². The molecule has 2 aliphatic rings. The quantitative estimate of drug-likeness (QED) is 0.668. The Morgan fingerprint density at radius 1 is 1.29 bits per heavy atom. The number of fused-ring (bicyclic) bond motifs is 1. The zero-order chi connectivity index (χ0) is 21.6. The fourth-order valence-electron chi connectivity index (χ4n) is 4.72. The molecule has 4 heterocycles. The molecule has 9 heteroatoms. The number of nitriles is 1. The number of morpholine rings is 1. The van der Waals surface area contributed by atoms with Crippen molar-refractivity contribution in [1.29, 1.82) is 5.26 Å². The first-order chi connectivity index (χ1) is 14.9. The van der Waals surface area contributed by atoms with Crippen LogP contribution in [0.2, 0.25) is 0 Å². The van der Waals surface area contributed by atoms with E-state index >= 15 is 0 Å². The lowest BCUT2D eigenvalue weighted by Gasteiger charge is -2.40. The van der Waals surface area contributed by atoms with Crippen molar-refractivity contribution >= 4 is 16.9 Å². The van der Waals surface area contributed by atoms with Crippen molar-refractivity contribution in [3.8, 4) is 11.9 Å². The zero-order valence-corrected chi connectivity index (χ0v) is 17.9. The molecule has 0 spiro atoms. The third-order valence-corrected chi connectivity index (χ3v) is 6.84. The molecule has 1 saturated carbocycles. The second-order valence-corrected chi connectivity index (χ2v) is 9.08. The molecule has 0 unspecified atom stereocenters. The number of hydrogen-bond donors (Lipinski definition) is 2. The number of aliphatic hydroxyl groups is 1. The number of aromatic amines is 1. The van der Waals surface area contributed by atoms with Crippen molar-refractivity contribution in [2.75, 3.05) is 24.7 Å². The number of ether oxygens (including phenoxy) is 1. The summed E-state index contributed by atoms with van der Waals surface area (Å²) in [6, 6.07) is 6.45.